The van der Waals surface area contributed by atoms with E-state index in [9.17, 15) is 14.9 Å². The van der Waals surface area contributed by atoms with Crippen LogP contribution in [-0.2, 0) is 5.54 Å². The number of nitrogens with zero attached hydrogens (tertiary/aromatic N) is 4. The van der Waals surface area contributed by atoms with E-state index in [0.29, 0.717) is 18.8 Å². The van der Waals surface area contributed by atoms with Crippen LogP contribution < -0.4 is 10.2 Å². The van der Waals surface area contributed by atoms with Gasteiger partial charge in [-0.2, -0.15) is 5.10 Å². The minimum Gasteiger partial charge on any atom is -0.465 e. The van der Waals surface area contributed by atoms with Crippen molar-refractivity contribution in [2.24, 2.45) is 11.8 Å². The number of rotatable bonds is 4. The van der Waals surface area contributed by atoms with E-state index < -0.39 is 6.09 Å². The quantitative estimate of drug-likeness (QED) is 0.583. The van der Waals surface area contributed by atoms with Crippen molar-refractivity contribution < 1.29 is 14.8 Å². The van der Waals surface area contributed by atoms with Crippen LogP contribution in [0, 0.1) is 22.0 Å². The van der Waals surface area contributed by atoms with Crippen LogP contribution in [-0.4, -0.2) is 45.0 Å². The van der Waals surface area contributed by atoms with Gasteiger partial charge in [-0.15, -0.1) is 0 Å². The molecule has 3 aliphatic carbocycles. The van der Waals surface area contributed by atoms with Crippen LogP contribution in [0.4, 0.5) is 16.2 Å². The van der Waals surface area contributed by atoms with Crippen molar-refractivity contribution in [3.8, 4) is 0 Å². The monoisotopic (exact) mass is 413 g/mol. The second kappa shape index (κ2) is 6.85. The van der Waals surface area contributed by atoms with Gasteiger partial charge in [0, 0.05) is 25.4 Å². The fourth-order valence-electron chi connectivity index (χ4n) is 5.86. The Morgan fingerprint density at radius 1 is 1.27 bits per heavy atom. The highest BCUT2D eigenvalue weighted by atomic mass is 16.6. The van der Waals surface area contributed by atoms with Crippen LogP contribution in [0.5, 0.6) is 0 Å². The number of hydrogen-bond acceptors (Lipinski definition) is 5. The zero-order valence-corrected chi connectivity index (χ0v) is 17.1. The molecule has 2 bridgehead atoms. The summed E-state index contributed by atoms with van der Waals surface area (Å²) in [6.07, 6.45) is 7.99. The first-order valence-corrected chi connectivity index (χ1v) is 10.8. The summed E-state index contributed by atoms with van der Waals surface area (Å²) in [6, 6.07) is 3.01. The molecular formula is C21H27N5O4. The molecule has 160 valence electrons. The van der Waals surface area contributed by atoms with Gasteiger partial charge >= 0.3 is 6.09 Å². The van der Waals surface area contributed by atoms with Gasteiger partial charge in [-0.3, -0.25) is 14.8 Å². The van der Waals surface area contributed by atoms with Crippen molar-refractivity contribution in [1.29, 1.82) is 0 Å². The molecule has 1 aromatic carbocycles. The van der Waals surface area contributed by atoms with Crippen molar-refractivity contribution in [2.75, 3.05) is 18.0 Å². The lowest BCUT2D eigenvalue weighted by atomic mass is 9.66. The standard InChI is InChI=1S/C21H27N5O4/c1-13-10-24(12-17(13)22-20(27)28)19-15-11-25(21-7-4-14(5-8-21)6-9-21)23-16(15)2-3-18(19)26(29)30/h2-3,11,13-14,17,22H,4-10,12H2,1H3,(H,27,28)/t13-,14?,17+,21?/m1/s1. The molecule has 1 saturated heterocycles. The zero-order chi connectivity index (χ0) is 21.0. The number of carbonyl (C=O) groups is 1. The fourth-order valence-corrected chi connectivity index (χ4v) is 5.86. The number of nitro groups is 1. The maximum Gasteiger partial charge on any atom is 0.404 e. The smallest absolute Gasteiger partial charge is 0.404 e. The van der Waals surface area contributed by atoms with Crippen molar-refractivity contribution in [2.45, 2.75) is 57.0 Å². The summed E-state index contributed by atoms with van der Waals surface area (Å²) in [5.74, 6) is 0.900. The van der Waals surface area contributed by atoms with Crippen LogP contribution in [0.15, 0.2) is 18.3 Å². The first-order chi connectivity index (χ1) is 14.4. The number of carboxylic acid groups (broad SMARTS) is 1. The molecule has 0 spiro atoms. The van der Waals surface area contributed by atoms with Crippen LogP contribution in [0.1, 0.15) is 45.4 Å². The van der Waals surface area contributed by atoms with E-state index in [1.54, 1.807) is 6.07 Å². The third-order valence-corrected chi connectivity index (χ3v) is 7.61. The summed E-state index contributed by atoms with van der Waals surface area (Å²) in [6.45, 7) is 2.93. The lowest BCUT2D eigenvalue weighted by Gasteiger charge is -2.46. The summed E-state index contributed by atoms with van der Waals surface area (Å²) >= 11 is 0. The molecule has 0 unspecified atom stereocenters. The van der Waals surface area contributed by atoms with Crippen LogP contribution >= 0.6 is 0 Å². The Kier molecular flexibility index (Phi) is 4.37. The molecule has 0 radical (unpaired) electrons. The largest absolute Gasteiger partial charge is 0.465 e. The number of anilines is 1. The summed E-state index contributed by atoms with van der Waals surface area (Å²) in [4.78, 5) is 24.6. The Morgan fingerprint density at radius 3 is 2.60 bits per heavy atom. The van der Waals surface area contributed by atoms with Gasteiger partial charge in [0.2, 0.25) is 0 Å². The number of aromatic nitrogens is 2. The van der Waals surface area contributed by atoms with Crippen molar-refractivity contribution >= 4 is 28.4 Å². The van der Waals surface area contributed by atoms with E-state index >= 15 is 0 Å². The average molecular weight is 413 g/mol. The molecule has 4 fully saturated rings. The maximum absolute atomic E-state index is 11.8. The molecule has 30 heavy (non-hydrogen) atoms. The van der Waals surface area contributed by atoms with E-state index in [0.717, 1.165) is 36.1 Å². The Labute approximate surface area is 174 Å². The van der Waals surface area contributed by atoms with Crippen LogP contribution in [0.25, 0.3) is 10.9 Å². The molecule has 2 aromatic rings. The first kappa shape index (κ1) is 19.1. The summed E-state index contributed by atoms with van der Waals surface area (Å²) < 4.78 is 2.09. The van der Waals surface area contributed by atoms with E-state index in [-0.39, 0.29) is 28.1 Å². The molecule has 9 nitrogen and oxygen atoms in total. The van der Waals surface area contributed by atoms with Gasteiger partial charge in [0.1, 0.15) is 5.69 Å². The van der Waals surface area contributed by atoms with Gasteiger partial charge in [-0.25, -0.2) is 4.79 Å². The number of benzene rings is 1. The Bertz CT molecular complexity index is 996. The molecular weight excluding hydrogens is 386 g/mol. The molecule has 9 heteroatoms. The summed E-state index contributed by atoms with van der Waals surface area (Å²) in [5, 5.41) is 29.2. The fraction of sp³-hybridized carbons (Fsp3) is 0.619. The lowest BCUT2D eigenvalue weighted by molar-refractivity contribution is -0.384. The topological polar surface area (TPSA) is 114 Å². The average Bonchev–Trinajstić information content (AvgIpc) is 3.32. The highest BCUT2D eigenvalue weighted by Gasteiger charge is 2.43. The number of nitrogens with one attached hydrogen (secondary N) is 1. The van der Waals surface area contributed by atoms with Crippen LogP contribution in [0.2, 0.25) is 0 Å². The Balaban J connectivity index is 1.58. The number of amides is 1. The number of hydrogen-bond donors (Lipinski definition) is 2. The summed E-state index contributed by atoms with van der Waals surface area (Å²) in [5.41, 5.74) is 1.41. The van der Waals surface area contributed by atoms with E-state index in [2.05, 4.69) is 10.00 Å². The van der Waals surface area contributed by atoms with Gasteiger partial charge in [-0.05, 0) is 56.4 Å². The molecule has 2 N–H and O–H groups in total. The van der Waals surface area contributed by atoms with Crippen molar-refractivity contribution in [3.05, 3.63) is 28.4 Å². The second-order valence-electron chi connectivity index (χ2n) is 9.34. The van der Waals surface area contributed by atoms with Gasteiger partial charge in [0.05, 0.1) is 27.4 Å². The highest BCUT2D eigenvalue weighted by Crippen LogP contribution is 2.49. The molecule has 1 amide bonds. The third kappa shape index (κ3) is 2.98. The van der Waals surface area contributed by atoms with Gasteiger partial charge in [0.15, 0.2) is 0 Å². The molecule has 6 rings (SSSR count). The van der Waals surface area contributed by atoms with Crippen molar-refractivity contribution in [1.82, 2.24) is 15.1 Å². The third-order valence-electron chi connectivity index (χ3n) is 7.61. The molecule has 4 aliphatic rings. The SMILES string of the molecule is C[C@@H]1CN(c2c([N+](=O)[O-])ccc3nn(C45CCC(CC4)CC5)cc23)C[C@@H]1NC(=O)O. The van der Waals surface area contributed by atoms with Gasteiger partial charge in [-0.1, -0.05) is 6.92 Å². The lowest BCUT2D eigenvalue weighted by Crippen LogP contribution is -2.42. The normalized spacial score (nSPS) is 30.7. The number of nitro benzene ring substituents is 1. The molecule has 2 atom stereocenters. The van der Waals surface area contributed by atoms with E-state index in [4.69, 9.17) is 10.2 Å². The minimum absolute atomic E-state index is 0.0333. The molecule has 3 saturated carbocycles. The molecule has 1 aromatic heterocycles. The second-order valence-corrected chi connectivity index (χ2v) is 9.34. The molecule has 2 heterocycles. The first-order valence-electron chi connectivity index (χ1n) is 10.8. The van der Waals surface area contributed by atoms with E-state index in [1.165, 1.54) is 25.3 Å². The molecule has 1 aliphatic heterocycles. The van der Waals surface area contributed by atoms with Crippen molar-refractivity contribution in [3.63, 3.8) is 0 Å². The summed E-state index contributed by atoms with van der Waals surface area (Å²) in [7, 11) is 0. The van der Waals surface area contributed by atoms with Crippen LogP contribution in [0.3, 0.4) is 0 Å². The minimum atomic E-state index is -1.07. The van der Waals surface area contributed by atoms with E-state index in [1.807, 2.05) is 18.0 Å². The Morgan fingerprint density at radius 2 is 1.97 bits per heavy atom. The zero-order valence-electron chi connectivity index (χ0n) is 17.1. The maximum atomic E-state index is 11.8. The number of fused-ring (bicyclic) bond motifs is 4. The predicted molar refractivity (Wildman–Crippen MR) is 112 cm³/mol. The Hall–Kier alpha value is -2.84. The highest BCUT2D eigenvalue weighted by molar-refractivity contribution is 5.97. The predicted octanol–water partition coefficient (Wildman–Crippen LogP) is 3.72. The van der Waals surface area contributed by atoms with Gasteiger partial charge < -0.3 is 15.3 Å². The van der Waals surface area contributed by atoms with Gasteiger partial charge in [0.25, 0.3) is 5.69 Å².